The van der Waals surface area contributed by atoms with E-state index < -0.39 is 10.0 Å². The van der Waals surface area contributed by atoms with E-state index in [4.69, 9.17) is 17.3 Å². The number of sulfonamides is 1. The first kappa shape index (κ1) is 15.6. The van der Waals surface area contributed by atoms with Crippen LogP contribution in [0.4, 0.5) is 11.4 Å². The molecule has 0 bridgehead atoms. The summed E-state index contributed by atoms with van der Waals surface area (Å²) in [5.74, 6) is 0. The van der Waals surface area contributed by atoms with E-state index in [-0.39, 0.29) is 18.0 Å². The molecule has 0 fully saturated rings. The van der Waals surface area contributed by atoms with Crippen LogP contribution in [0.5, 0.6) is 0 Å². The number of nitrogens with zero attached hydrogens (tertiary/aromatic N) is 1. The zero-order valence-corrected chi connectivity index (χ0v) is 12.7. The number of rotatable bonds is 5. The van der Waals surface area contributed by atoms with Crippen molar-refractivity contribution in [3.8, 4) is 0 Å². The molecule has 21 heavy (non-hydrogen) atoms. The van der Waals surface area contributed by atoms with E-state index in [2.05, 4.69) is 0 Å². The monoisotopic (exact) mass is 326 g/mol. The molecule has 0 atom stereocenters. The molecule has 0 heterocycles. The Hall–Kier alpha value is -1.76. The number of hydrogen-bond donors (Lipinski definition) is 2. The highest BCUT2D eigenvalue weighted by molar-refractivity contribution is 7.92. The van der Waals surface area contributed by atoms with Gasteiger partial charge in [-0.05, 0) is 30.3 Å². The zero-order valence-electron chi connectivity index (χ0n) is 11.1. The molecular weight excluding hydrogens is 312 g/mol. The van der Waals surface area contributed by atoms with Crippen LogP contribution in [-0.2, 0) is 10.0 Å². The second kappa shape index (κ2) is 6.34. The fourth-order valence-electron chi connectivity index (χ4n) is 1.93. The maximum atomic E-state index is 12.7. The van der Waals surface area contributed by atoms with E-state index >= 15 is 0 Å². The lowest BCUT2D eigenvalue weighted by Crippen LogP contribution is -2.34. The molecule has 0 radical (unpaired) electrons. The van der Waals surface area contributed by atoms with E-state index in [9.17, 15) is 13.5 Å². The third kappa shape index (κ3) is 3.29. The van der Waals surface area contributed by atoms with E-state index in [1.165, 1.54) is 12.1 Å². The molecule has 2 rings (SSSR count). The molecule has 0 aliphatic heterocycles. The van der Waals surface area contributed by atoms with Crippen molar-refractivity contribution >= 4 is 33.0 Å². The minimum absolute atomic E-state index is 0.0479. The molecule has 0 saturated heterocycles. The molecule has 0 unspecified atom stereocenters. The molecule has 7 heteroatoms. The molecule has 0 saturated carbocycles. The molecule has 5 nitrogen and oxygen atoms in total. The summed E-state index contributed by atoms with van der Waals surface area (Å²) >= 11 is 5.85. The molecule has 3 N–H and O–H groups in total. The third-order valence-corrected chi connectivity index (χ3v) is 4.94. The number of nitrogens with two attached hydrogens (primary N) is 1. The predicted molar refractivity (Wildman–Crippen MR) is 83.9 cm³/mol. The van der Waals surface area contributed by atoms with Crippen molar-refractivity contribution < 1.29 is 13.5 Å². The fraction of sp³-hybridized carbons (Fsp3) is 0.143. The summed E-state index contributed by atoms with van der Waals surface area (Å²) in [6.07, 6.45) is 0. The number of benzene rings is 2. The highest BCUT2D eigenvalue weighted by Crippen LogP contribution is 2.29. The van der Waals surface area contributed by atoms with Gasteiger partial charge in [-0.3, -0.25) is 4.31 Å². The number of aliphatic hydroxyl groups is 1. The molecule has 2 aromatic carbocycles. The van der Waals surface area contributed by atoms with E-state index in [0.29, 0.717) is 16.4 Å². The van der Waals surface area contributed by atoms with Crippen molar-refractivity contribution in [2.24, 2.45) is 0 Å². The van der Waals surface area contributed by atoms with Gasteiger partial charge in [-0.15, -0.1) is 0 Å². The average molecular weight is 327 g/mol. The minimum Gasteiger partial charge on any atom is -0.397 e. The molecular formula is C14H15ClN2O3S. The summed E-state index contributed by atoms with van der Waals surface area (Å²) in [7, 11) is -3.85. The van der Waals surface area contributed by atoms with Gasteiger partial charge in [0.05, 0.1) is 29.4 Å². The van der Waals surface area contributed by atoms with Gasteiger partial charge < -0.3 is 10.8 Å². The SMILES string of the molecule is Nc1ccccc1N(CCO)S(=O)(=O)c1cccc(Cl)c1. The van der Waals surface area contributed by atoms with E-state index in [1.807, 2.05) is 0 Å². The maximum absolute atomic E-state index is 12.7. The van der Waals surface area contributed by atoms with Gasteiger partial charge in [0.1, 0.15) is 0 Å². The second-order valence-corrected chi connectivity index (χ2v) is 6.62. The van der Waals surface area contributed by atoms with Crippen LogP contribution in [0.15, 0.2) is 53.4 Å². The lowest BCUT2D eigenvalue weighted by atomic mass is 10.3. The molecule has 0 spiro atoms. The third-order valence-electron chi connectivity index (χ3n) is 2.89. The van der Waals surface area contributed by atoms with Crippen molar-refractivity contribution in [1.82, 2.24) is 0 Å². The smallest absolute Gasteiger partial charge is 0.264 e. The Kier molecular flexibility index (Phi) is 4.72. The van der Waals surface area contributed by atoms with Crippen LogP contribution in [0.2, 0.25) is 5.02 Å². The zero-order chi connectivity index (χ0) is 15.5. The van der Waals surface area contributed by atoms with Gasteiger partial charge in [-0.2, -0.15) is 0 Å². The van der Waals surface area contributed by atoms with Gasteiger partial charge in [0.2, 0.25) is 0 Å². The quantitative estimate of drug-likeness (QED) is 0.824. The van der Waals surface area contributed by atoms with Crippen molar-refractivity contribution in [2.75, 3.05) is 23.2 Å². The Labute approximate surface area is 128 Å². The van der Waals surface area contributed by atoms with Gasteiger partial charge in [-0.1, -0.05) is 29.8 Å². The van der Waals surface area contributed by atoms with Crippen molar-refractivity contribution in [1.29, 1.82) is 0 Å². The van der Waals surface area contributed by atoms with Crippen molar-refractivity contribution in [2.45, 2.75) is 4.90 Å². The largest absolute Gasteiger partial charge is 0.397 e. The van der Waals surface area contributed by atoms with Crippen LogP contribution in [0, 0.1) is 0 Å². The van der Waals surface area contributed by atoms with Crippen LogP contribution in [0.3, 0.4) is 0 Å². The van der Waals surface area contributed by atoms with Gasteiger partial charge in [-0.25, -0.2) is 8.42 Å². The number of aliphatic hydroxyl groups excluding tert-OH is 1. The molecule has 112 valence electrons. The Morgan fingerprint density at radius 3 is 2.48 bits per heavy atom. The lowest BCUT2D eigenvalue weighted by Gasteiger charge is -2.25. The summed E-state index contributed by atoms with van der Waals surface area (Å²) in [6, 6.07) is 12.5. The van der Waals surface area contributed by atoms with E-state index in [1.54, 1.807) is 36.4 Å². The minimum atomic E-state index is -3.85. The highest BCUT2D eigenvalue weighted by Gasteiger charge is 2.26. The number of halogens is 1. The summed E-state index contributed by atoms with van der Waals surface area (Å²) in [5, 5.41) is 9.50. The number of hydrogen-bond acceptors (Lipinski definition) is 4. The molecule has 0 aliphatic rings. The number of anilines is 2. The van der Waals surface area contributed by atoms with Gasteiger partial charge in [0, 0.05) is 5.02 Å². The van der Waals surface area contributed by atoms with E-state index in [0.717, 1.165) is 4.31 Å². The molecule has 2 aromatic rings. The maximum Gasteiger partial charge on any atom is 0.264 e. The Morgan fingerprint density at radius 1 is 1.14 bits per heavy atom. The van der Waals surface area contributed by atoms with Crippen molar-refractivity contribution in [3.63, 3.8) is 0 Å². The normalized spacial score (nSPS) is 11.3. The lowest BCUT2D eigenvalue weighted by molar-refractivity contribution is 0.306. The average Bonchev–Trinajstić information content (AvgIpc) is 2.45. The van der Waals surface area contributed by atoms with Crippen molar-refractivity contribution in [3.05, 3.63) is 53.6 Å². The summed E-state index contributed by atoms with van der Waals surface area (Å²) in [6.45, 7) is -0.419. The Bertz CT molecular complexity index is 735. The topological polar surface area (TPSA) is 83.6 Å². The second-order valence-electron chi connectivity index (χ2n) is 4.32. The first-order valence-corrected chi connectivity index (χ1v) is 8.02. The summed E-state index contributed by atoms with van der Waals surface area (Å²) < 4.78 is 26.5. The van der Waals surface area contributed by atoms with Crippen LogP contribution in [0.1, 0.15) is 0 Å². The Balaban J connectivity index is 2.54. The molecule has 0 aliphatic carbocycles. The number of nitrogen functional groups attached to an aromatic ring is 1. The van der Waals surface area contributed by atoms with Gasteiger partial charge in [0.15, 0.2) is 0 Å². The Morgan fingerprint density at radius 2 is 1.86 bits per heavy atom. The summed E-state index contributed by atoms with van der Waals surface area (Å²) in [4.78, 5) is 0.0479. The molecule has 0 amide bonds. The first-order valence-electron chi connectivity index (χ1n) is 6.20. The van der Waals surface area contributed by atoms with Crippen LogP contribution >= 0.6 is 11.6 Å². The predicted octanol–water partition coefficient (Wildman–Crippen LogP) is 2.11. The summed E-state index contributed by atoms with van der Waals surface area (Å²) in [5.41, 5.74) is 6.48. The van der Waals surface area contributed by atoms with Crippen LogP contribution in [-0.4, -0.2) is 26.7 Å². The first-order chi connectivity index (χ1) is 9.96. The number of para-hydroxylation sites is 2. The fourth-order valence-corrected chi connectivity index (χ4v) is 3.71. The highest BCUT2D eigenvalue weighted by atomic mass is 35.5. The van der Waals surface area contributed by atoms with Gasteiger partial charge in [0.25, 0.3) is 10.0 Å². The van der Waals surface area contributed by atoms with Gasteiger partial charge >= 0.3 is 0 Å². The van der Waals surface area contributed by atoms with Crippen LogP contribution in [0.25, 0.3) is 0 Å². The van der Waals surface area contributed by atoms with Crippen LogP contribution < -0.4 is 10.0 Å². The molecule has 0 aromatic heterocycles. The standard InChI is InChI=1S/C14H15ClN2O3S/c15-11-4-3-5-12(10-11)21(19,20)17(8-9-18)14-7-2-1-6-13(14)16/h1-7,10,18H,8-9,16H2.